The lowest BCUT2D eigenvalue weighted by Crippen LogP contribution is -2.37. The minimum absolute atomic E-state index is 0.0841. The lowest BCUT2D eigenvalue weighted by atomic mass is 9.79. The van der Waals surface area contributed by atoms with Gasteiger partial charge in [-0.25, -0.2) is 0 Å². The Morgan fingerprint density at radius 3 is 1.88 bits per heavy atom. The Labute approximate surface area is 382 Å². The Morgan fingerprint density at radius 1 is 0.703 bits per heavy atom. The van der Waals surface area contributed by atoms with Gasteiger partial charge in [0.1, 0.15) is 29.6 Å². The molecule has 0 aliphatic heterocycles. The van der Waals surface area contributed by atoms with Crippen molar-refractivity contribution in [3.8, 4) is 17.2 Å². The van der Waals surface area contributed by atoms with Gasteiger partial charge in [0.2, 0.25) is 0 Å². The van der Waals surface area contributed by atoms with Crippen LogP contribution in [0.5, 0.6) is 17.2 Å². The van der Waals surface area contributed by atoms with Crippen LogP contribution >= 0.6 is 22.9 Å². The zero-order valence-electron chi connectivity index (χ0n) is 36.5. The predicted octanol–water partition coefficient (Wildman–Crippen LogP) is 9.79. The molecular formula is C50H54ClNO11S. The molecule has 0 atom stereocenters. The number of carbonyl (C=O) groups is 6. The maximum Gasteiger partial charge on any atom is 0.314 e. The largest absolute Gasteiger partial charge is 0.497 e. The number of Topliss-reactive ketones (excluding diaryl/α,β-unsaturated/α-hetero) is 1. The number of allylic oxidation sites excluding steroid dienone is 1. The molecule has 0 radical (unpaired) electrons. The number of benzene rings is 3. The van der Waals surface area contributed by atoms with Crippen LogP contribution < -0.4 is 19.1 Å². The smallest absolute Gasteiger partial charge is 0.314 e. The Balaban J connectivity index is 0.971. The van der Waals surface area contributed by atoms with Crippen LogP contribution in [0.2, 0.25) is 4.34 Å². The number of amides is 1. The highest BCUT2D eigenvalue weighted by atomic mass is 35.5. The molecule has 0 N–H and O–H groups in total. The zero-order valence-corrected chi connectivity index (χ0v) is 38.1. The van der Waals surface area contributed by atoms with Gasteiger partial charge < -0.3 is 28.6 Å². The SMILES string of the molecule is COCCOC(=O)C1CCC(C(=O)Oc2ccc(N(C(=O)c3ccc(CC(=O)C4CCC(C(=O)Oc5ccc(OC)cc5/C=C/C(=O)c5ccc(Cl)s5)CC4)cc3)C(C)C)cc2)CC1. The number of nitrogens with zero attached hydrogens (tertiary/aromatic N) is 1. The van der Waals surface area contributed by atoms with Gasteiger partial charge in [-0.3, -0.25) is 28.8 Å². The van der Waals surface area contributed by atoms with E-state index in [4.69, 9.17) is 35.3 Å². The molecule has 0 spiro atoms. The molecule has 2 aliphatic rings. The van der Waals surface area contributed by atoms with Gasteiger partial charge >= 0.3 is 17.9 Å². The van der Waals surface area contributed by atoms with Gasteiger partial charge in [-0.15, -0.1) is 11.3 Å². The van der Waals surface area contributed by atoms with Crippen LogP contribution in [0.1, 0.15) is 96.4 Å². The van der Waals surface area contributed by atoms with E-state index in [2.05, 4.69) is 0 Å². The summed E-state index contributed by atoms with van der Waals surface area (Å²) in [5.41, 5.74) is 2.41. The van der Waals surface area contributed by atoms with E-state index in [1.807, 2.05) is 13.8 Å². The van der Waals surface area contributed by atoms with Crippen molar-refractivity contribution in [2.45, 2.75) is 77.7 Å². The first kappa shape index (κ1) is 47.8. The summed E-state index contributed by atoms with van der Waals surface area (Å²) < 4.78 is 27.6. The molecule has 1 aromatic heterocycles. The van der Waals surface area contributed by atoms with Crippen LogP contribution in [0.4, 0.5) is 5.69 Å². The topological polar surface area (TPSA) is 152 Å². The molecule has 14 heteroatoms. The summed E-state index contributed by atoms with van der Waals surface area (Å²) in [4.78, 5) is 80.7. The Kier molecular flexibility index (Phi) is 17.1. The zero-order chi connectivity index (χ0) is 45.8. The second-order valence-electron chi connectivity index (χ2n) is 16.4. The molecule has 1 amide bonds. The molecule has 2 saturated carbocycles. The quantitative estimate of drug-likeness (QED) is 0.0308. The van der Waals surface area contributed by atoms with Gasteiger partial charge in [-0.1, -0.05) is 23.7 Å². The first-order valence-corrected chi connectivity index (χ1v) is 22.8. The number of rotatable bonds is 18. The van der Waals surface area contributed by atoms with Gasteiger partial charge in [0.15, 0.2) is 5.78 Å². The standard InChI is InChI=1S/C50H54ClNO11S/c1-31(2)52(39-18-20-40(21-19-39)62-49(57)36-15-13-35(14-16-36)48(56)61-28-27-59-3)47(55)34-7-5-32(6-8-34)29-43(54)33-9-11-37(12-10-33)50(58)63-44-24-22-41(60-4)30-38(44)17-23-42(53)45-25-26-46(51)64-45/h5-8,17-26,30-31,33,35-37H,9-16,27-29H2,1-4H3/b23-17+. The number of hydrogen-bond donors (Lipinski definition) is 0. The maximum absolute atomic E-state index is 13.8. The molecule has 6 rings (SSSR count). The monoisotopic (exact) mass is 911 g/mol. The van der Waals surface area contributed by atoms with Gasteiger partial charge in [0, 0.05) is 42.3 Å². The highest BCUT2D eigenvalue weighted by Gasteiger charge is 2.33. The summed E-state index contributed by atoms with van der Waals surface area (Å²) in [6.07, 6.45) is 7.52. The highest BCUT2D eigenvalue weighted by Crippen LogP contribution is 2.35. The van der Waals surface area contributed by atoms with Crippen molar-refractivity contribution in [2.75, 3.05) is 32.3 Å². The second kappa shape index (κ2) is 22.8. The summed E-state index contributed by atoms with van der Waals surface area (Å²) in [7, 11) is 3.07. The van der Waals surface area contributed by atoms with E-state index in [9.17, 15) is 28.8 Å². The van der Waals surface area contributed by atoms with Gasteiger partial charge in [-0.2, -0.15) is 0 Å². The fraction of sp³-hybridized carbons (Fsp3) is 0.400. The van der Waals surface area contributed by atoms with E-state index in [0.29, 0.717) is 101 Å². The summed E-state index contributed by atoms with van der Waals surface area (Å²) in [6.45, 7) is 4.39. The van der Waals surface area contributed by atoms with E-state index in [0.717, 1.165) is 5.56 Å². The van der Waals surface area contributed by atoms with Crippen molar-refractivity contribution >= 4 is 70.1 Å². The van der Waals surface area contributed by atoms with Gasteiger partial charge in [-0.05, 0) is 150 Å². The van der Waals surface area contributed by atoms with Crippen molar-refractivity contribution < 1.29 is 52.5 Å². The predicted molar refractivity (Wildman–Crippen MR) is 244 cm³/mol. The highest BCUT2D eigenvalue weighted by molar-refractivity contribution is 7.18. The summed E-state index contributed by atoms with van der Waals surface area (Å²) >= 11 is 7.17. The molecule has 0 unspecified atom stereocenters. The minimum atomic E-state index is -0.387. The minimum Gasteiger partial charge on any atom is -0.497 e. The van der Waals surface area contributed by atoms with Crippen molar-refractivity contribution in [1.82, 2.24) is 0 Å². The van der Waals surface area contributed by atoms with E-state index in [1.165, 1.54) is 24.5 Å². The van der Waals surface area contributed by atoms with Crippen molar-refractivity contribution in [2.24, 2.45) is 23.7 Å². The Bertz CT molecular complexity index is 2300. The molecule has 12 nitrogen and oxygen atoms in total. The normalized spacial score (nSPS) is 18.6. The number of anilines is 1. The van der Waals surface area contributed by atoms with E-state index >= 15 is 0 Å². The third-order valence-electron chi connectivity index (χ3n) is 11.7. The van der Waals surface area contributed by atoms with E-state index in [1.54, 1.807) is 96.9 Å². The molecule has 0 bridgehead atoms. The van der Waals surface area contributed by atoms with Crippen molar-refractivity contribution in [3.05, 3.63) is 111 Å². The first-order valence-electron chi connectivity index (χ1n) is 21.6. The molecule has 2 aliphatic carbocycles. The number of hydrogen-bond acceptors (Lipinski definition) is 12. The van der Waals surface area contributed by atoms with Gasteiger partial charge in [0.25, 0.3) is 5.91 Å². The lowest BCUT2D eigenvalue weighted by Gasteiger charge is -2.28. The van der Waals surface area contributed by atoms with Gasteiger partial charge in [0.05, 0.1) is 40.7 Å². The third-order valence-corrected chi connectivity index (χ3v) is 13.0. The number of esters is 3. The first-order chi connectivity index (χ1) is 30.8. The Hall–Kier alpha value is -5.63. The van der Waals surface area contributed by atoms with E-state index < -0.39 is 0 Å². The molecule has 338 valence electrons. The lowest BCUT2D eigenvalue weighted by molar-refractivity contribution is -0.153. The second-order valence-corrected chi connectivity index (χ2v) is 18.1. The number of ether oxygens (including phenoxy) is 5. The van der Waals surface area contributed by atoms with Crippen LogP contribution in [-0.2, 0) is 35.1 Å². The average molecular weight is 912 g/mol. The number of carbonyl (C=O) groups excluding carboxylic acids is 6. The molecule has 3 aromatic carbocycles. The number of halogens is 1. The van der Waals surface area contributed by atoms with Crippen LogP contribution in [0, 0.1) is 23.7 Å². The molecule has 1 heterocycles. The molecular weight excluding hydrogens is 858 g/mol. The van der Waals surface area contributed by atoms with Crippen LogP contribution in [0.25, 0.3) is 6.08 Å². The number of thiophene rings is 1. The number of ketones is 2. The van der Waals surface area contributed by atoms with Crippen LogP contribution in [0.15, 0.2) is 84.9 Å². The van der Waals surface area contributed by atoms with Crippen molar-refractivity contribution in [1.29, 1.82) is 0 Å². The molecule has 64 heavy (non-hydrogen) atoms. The number of methoxy groups -OCH3 is 2. The third kappa shape index (κ3) is 12.8. The fourth-order valence-corrected chi connectivity index (χ4v) is 9.06. The fourth-order valence-electron chi connectivity index (χ4n) is 8.10. The van der Waals surface area contributed by atoms with Crippen LogP contribution in [-0.4, -0.2) is 68.9 Å². The molecule has 0 saturated heterocycles. The van der Waals surface area contributed by atoms with Crippen LogP contribution in [0.3, 0.4) is 0 Å². The Morgan fingerprint density at radius 2 is 1.30 bits per heavy atom. The summed E-state index contributed by atoms with van der Waals surface area (Å²) in [5, 5.41) is 0. The molecule has 2 fully saturated rings. The van der Waals surface area contributed by atoms with Crippen molar-refractivity contribution in [3.63, 3.8) is 0 Å². The maximum atomic E-state index is 13.8. The summed E-state index contributed by atoms with van der Waals surface area (Å²) in [5.74, 6) is -1.23. The average Bonchev–Trinajstić information content (AvgIpc) is 3.75. The molecule has 4 aromatic rings. The summed E-state index contributed by atoms with van der Waals surface area (Å²) in [6, 6.07) is 22.0. The van der Waals surface area contributed by atoms with E-state index in [-0.39, 0.29) is 78.1 Å².